The van der Waals surface area contributed by atoms with E-state index in [0.29, 0.717) is 5.56 Å². The summed E-state index contributed by atoms with van der Waals surface area (Å²) in [6, 6.07) is 7.32. The highest BCUT2D eigenvalue weighted by atomic mass is 32.2. The number of carbonyl (C=O) groups excluding carboxylic acids is 2. The van der Waals surface area contributed by atoms with Crippen molar-refractivity contribution in [1.82, 2.24) is 5.32 Å². The number of rotatable bonds is 5. The number of benzene rings is 1. The number of aliphatic carboxylic acids is 1. The number of thioether (sulfide) groups is 1. The second-order valence-corrected chi connectivity index (χ2v) is 6.49. The minimum absolute atomic E-state index is 0.0810. The number of carboxylic acids is 1. The molecule has 0 heterocycles. The Bertz CT molecular complexity index is 539. The number of ether oxygens (including phenoxy) is 1. The van der Waals surface area contributed by atoms with Gasteiger partial charge < -0.3 is 15.2 Å². The molecule has 22 heavy (non-hydrogen) atoms. The molecule has 0 fully saturated rings. The predicted octanol–water partition coefficient (Wildman–Crippen LogP) is 2.54. The Hall–Kier alpha value is -2.02. The quantitative estimate of drug-likeness (QED) is 0.864. The van der Waals surface area contributed by atoms with Gasteiger partial charge in [0.25, 0.3) is 0 Å². The van der Waals surface area contributed by atoms with Crippen LogP contribution in [0.1, 0.15) is 31.1 Å². The van der Waals surface area contributed by atoms with Gasteiger partial charge in [-0.25, -0.2) is 9.59 Å². The number of alkyl carbamates (subject to hydrolysis) is 1. The van der Waals surface area contributed by atoms with Crippen LogP contribution in [0.4, 0.5) is 4.79 Å². The number of hydrogen-bond donors (Lipinski definition) is 2. The van der Waals surface area contributed by atoms with Crippen molar-refractivity contribution in [3.05, 3.63) is 35.9 Å². The molecule has 0 radical (unpaired) electrons. The zero-order valence-electron chi connectivity index (χ0n) is 12.7. The third-order valence-electron chi connectivity index (χ3n) is 2.38. The van der Waals surface area contributed by atoms with E-state index >= 15 is 0 Å². The Morgan fingerprint density at radius 2 is 1.82 bits per heavy atom. The molecular weight excluding hydrogens is 306 g/mol. The first-order valence-corrected chi connectivity index (χ1v) is 7.62. The molecule has 6 nitrogen and oxygen atoms in total. The summed E-state index contributed by atoms with van der Waals surface area (Å²) in [7, 11) is 0. The summed E-state index contributed by atoms with van der Waals surface area (Å²) in [6.07, 6.45) is -0.826. The summed E-state index contributed by atoms with van der Waals surface area (Å²) in [5, 5.41) is 11.1. The van der Waals surface area contributed by atoms with Gasteiger partial charge in [0.1, 0.15) is 11.6 Å². The normalized spacial score (nSPS) is 12.3. The van der Waals surface area contributed by atoms with E-state index in [2.05, 4.69) is 5.32 Å². The second kappa shape index (κ2) is 7.84. The molecule has 0 unspecified atom stereocenters. The largest absolute Gasteiger partial charge is 0.480 e. The van der Waals surface area contributed by atoms with Crippen LogP contribution in [0.5, 0.6) is 0 Å². The Labute approximate surface area is 133 Å². The fourth-order valence-corrected chi connectivity index (χ4v) is 2.29. The van der Waals surface area contributed by atoms with Crippen molar-refractivity contribution in [2.24, 2.45) is 0 Å². The third-order valence-corrected chi connectivity index (χ3v) is 3.38. The van der Waals surface area contributed by atoms with Gasteiger partial charge in [0.2, 0.25) is 5.12 Å². The van der Waals surface area contributed by atoms with Gasteiger partial charge in [-0.1, -0.05) is 42.1 Å². The van der Waals surface area contributed by atoms with Crippen LogP contribution in [0, 0.1) is 0 Å². The van der Waals surface area contributed by atoms with Crippen LogP contribution >= 0.6 is 11.8 Å². The fraction of sp³-hybridized carbons (Fsp3) is 0.400. The van der Waals surface area contributed by atoms with Crippen LogP contribution in [0.15, 0.2) is 30.3 Å². The summed E-state index contributed by atoms with van der Waals surface area (Å²) >= 11 is 0.836. The summed E-state index contributed by atoms with van der Waals surface area (Å²) in [5.74, 6) is -1.30. The molecule has 1 amide bonds. The SMILES string of the molecule is CC(C)(C)OC(=O)N[C@@H](CSC(=O)c1ccccc1)C(=O)O. The van der Waals surface area contributed by atoms with Gasteiger partial charge in [-0.2, -0.15) is 0 Å². The number of carbonyl (C=O) groups is 3. The molecule has 0 spiro atoms. The Balaban J connectivity index is 2.57. The maximum Gasteiger partial charge on any atom is 0.408 e. The van der Waals surface area contributed by atoms with Gasteiger partial charge in [-0.05, 0) is 20.8 Å². The maximum absolute atomic E-state index is 11.9. The van der Waals surface area contributed by atoms with E-state index < -0.39 is 23.7 Å². The molecule has 1 aromatic rings. The molecule has 2 N–H and O–H groups in total. The van der Waals surface area contributed by atoms with Crippen molar-refractivity contribution in [2.45, 2.75) is 32.4 Å². The van der Waals surface area contributed by atoms with E-state index in [-0.39, 0.29) is 10.9 Å². The highest BCUT2D eigenvalue weighted by Gasteiger charge is 2.25. The van der Waals surface area contributed by atoms with E-state index in [1.807, 2.05) is 0 Å². The van der Waals surface area contributed by atoms with Crippen LogP contribution in [0.2, 0.25) is 0 Å². The molecule has 0 aromatic heterocycles. The first-order chi connectivity index (χ1) is 10.2. The van der Waals surface area contributed by atoms with Crippen LogP contribution in [-0.4, -0.2) is 39.7 Å². The number of amides is 1. The molecule has 0 saturated carbocycles. The second-order valence-electron chi connectivity index (χ2n) is 5.50. The lowest BCUT2D eigenvalue weighted by Gasteiger charge is -2.21. The van der Waals surface area contributed by atoms with Crippen molar-refractivity contribution < 1.29 is 24.2 Å². The lowest BCUT2D eigenvalue weighted by atomic mass is 10.2. The minimum Gasteiger partial charge on any atom is -0.480 e. The van der Waals surface area contributed by atoms with E-state index in [9.17, 15) is 14.4 Å². The van der Waals surface area contributed by atoms with E-state index in [1.54, 1.807) is 51.1 Å². The van der Waals surface area contributed by atoms with Gasteiger partial charge in [0, 0.05) is 11.3 Å². The van der Waals surface area contributed by atoms with Crippen LogP contribution in [0.25, 0.3) is 0 Å². The standard InChI is InChI=1S/C15H19NO5S/c1-15(2,3)21-14(20)16-11(12(17)18)9-22-13(19)10-7-5-4-6-8-10/h4-8,11H,9H2,1-3H3,(H,16,20)(H,17,18)/t11-/m0/s1. The van der Waals surface area contributed by atoms with Crippen LogP contribution < -0.4 is 5.32 Å². The first-order valence-electron chi connectivity index (χ1n) is 6.63. The number of hydrogen-bond acceptors (Lipinski definition) is 5. The maximum atomic E-state index is 11.9. The lowest BCUT2D eigenvalue weighted by Crippen LogP contribution is -2.45. The van der Waals surface area contributed by atoms with Crippen molar-refractivity contribution in [1.29, 1.82) is 0 Å². The molecule has 7 heteroatoms. The summed E-state index contributed by atoms with van der Waals surface area (Å²) < 4.78 is 5.00. The average Bonchev–Trinajstić information content (AvgIpc) is 2.41. The molecule has 0 aliphatic rings. The predicted molar refractivity (Wildman–Crippen MR) is 84.0 cm³/mol. The van der Waals surface area contributed by atoms with E-state index in [1.165, 1.54) is 0 Å². The molecule has 0 saturated heterocycles. The van der Waals surface area contributed by atoms with Gasteiger partial charge in [-0.15, -0.1) is 0 Å². The van der Waals surface area contributed by atoms with Crippen molar-refractivity contribution in [3.8, 4) is 0 Å². The van der Waals surface area contributed by atoms with Crippen LogP contribution in [0.3, 0.4) is 0 Å². The average molecular weight is 325 g/mol. The summed E-state index contributed by atoms with van der Waals surface area (Å²) in [4.78, 5) is 34.7. The Kier molecular flexibility index (Phi) is 6.42. The van der Waals surface area contributed by atoms with Gasteiger partial charge in [-0.3, -0.25) is 4.79 Å². The van der Waals surface area contributed by atoms with Gasteiger partial charge >= 0.3 is 12.1 Å². The highest BCUT2D eigenvalue weighted by Crippen LogP contribution is 2.14. The topological polar surface area (TPSA) is 92.7 Å². The summed E-state index contributed by atoms with van der Waals surface area (Å²) in [5.41, 5.74) is -0.242. The molecular formula is C15H19NO5S. The highest BCUT2D eigenvalue weighted by molar-refractivity contribution is 8.14. The smallest absolute Gasteiger partial charge is 0.408 e. The van der Waals surface area contributed by atoms with Crippen molar-refractivity contribution in [2.75, 3.05) is 5.75 Å². The zero-order chi connectivity index (χ0) is 16.8. The minimum atomic E-state index is -1.22. The molecule has 1 rings (SSSR count). The number of nitrogens with one attached hydrogen (secondary N) is 1. The van der Waals surface area contributed by atoms with Gasteiger partial charge in [0.05, 0.1) is 0 Å². The monoisotopic (exact) mass is 325 g/mol. The van der Waals surface area contributed by atoms with Crippen molar-refractivity contribution in [3.63, 3.8) is 0 Å². The molecule has 0 bridgehead atoms. The van der Waals surface area contributed by atoms with Crippen LogP contribution in [-0.2, 0) is 9.53 Å². The van der Waals surface area contributed by atoms with Gasteiger partial charge in [0.15, 0.2) is 0 Å². The fourth-order valence-electron chi connectivity index (χ4n) is 1.44. The Morgan fingerprint density at radius 3 is 2.32 bits per heavy atom. The molecule has 120 valence electrons. The first kappa shape index (κ1) is 18.0. The summed E-state index contributed by atoms with van der Waals surface area (Å²) in [6.45, 7) is 5.03. The molecule has 1 aromatic carbocycles. The molecule has 0 aliphatic heterocycles. The molecule has 0 aliphatic carbocycles. The molecule has 1 atom stereocenters. The third kappa shape index (κ3) is 6.62. The van der Waals surface area contributed by atoms with E-state index in [4.69, 9.17) is 9.84 Å². The van der Waals surface area contributed by atoms with E-state index in [0.717, 1.165) is 11.8 Å². The Morgan fingerprint density at radius 1 is 1.23 bits per heavy atom. The number of carboxylic acid groups (broad SMARTS) is 1. The van der Waals surface area contributed by atoms with Crippen molar-refractivity contribution >= 4 is 28.9 Å². The lowest BCUT2D eigenvalue weighted by molar-refractivity contribution is -0.138. The zero-order valence-corrected chi connectivity index (χ0v) is 13.5.